The number of amides is 3. The fraction of sp³-hybridized carbons (Fsp3) is 0.222. The molecule has 0 aromatic heterocycles. The van der Waals surface area contributed by atoms with Gasteiger partial charge in [0.2, 0.25) is 5.91 Å². The third kappa shape index (κ3) is 3.69. The van der Waals surface area contributed by atoms with Crippen LogP contribution >= 0.6 is 0 Å². The number of nitrogens with one attached hydrogen (secondary N) is 2. The number of benzene rings is 2. The van der Waals surface area contributed by atoms with Crippen molar-refractivity contribution in [2.45, 2.75) is 18.9 Å². The van der Waals surface area contributed by atoms with Crippen LogP contribution in [0.2, 0.25) is 0 Å². The minimum absolute atomic E-state index is 0.0642. The molecule has 1 saturated heterocycles. The summed E-state index contributed by atoms with van der Waals surface area (Å²) in [7, 11) is 0. The average Bonchev–Trinajstić information content (AvgIpc) is 2.58. The van der Waals surface area contributed by atoms with Gasteiger partial charge in [-0.05, 0) is 37.1 Å². The molecule has 5 heteroatoms. The van der Waals surface area contributed by atoms with Gasteiger partial charge in [0.1, 0.15) is 6.04 Å². The SMILES string of the molecule is O=C(Nc1ccccc1)NC1CCCN(c2ccccc2)C1=O. The van der Waals surface area contributed by atoms with E-state index in [1.54, 1.807) is 17.0 Å². The quantitative estimate of drug-likeness (QED) is 0.915. The number of anilines is 2. The normalized spacial score (nSPS) is 17.7. The van der Waals surface area contributed by atoms with Crippen molar-refractivity contribution in [2.24, 2.45) is 0 Å². The number of carbonyl (C=O) groups excluding carboxylic acids is 2. The van der Waals surface area contributed by atoms with E-state index < -0.39 is 6.04 Å². The van der Waals surface area contributed by atoms with Crippen molar-refractivity contribution in [3.8, 4) is 0 Å². The average molecular weight is 309 g/mol. The van der Waals surface area contributed by atoms with Crippen molar-refractivity contribution in [3.05, 3.63) is 60.7 Å². The molecule has 2 aromatic carbocycles. The lowest BCUT2D eigenvalue weighted by atomic mass is 10.0. The maximum Gasteiger partial charge on any atom is 0.319 e. The molecule has 23 heavy (non-hydrogen) atoms. The summed E-state index contributed by atoms with van der Waals surface area (Å²) in [5.74, 6) is -0.0642. The van der Waals surface area contributed by atoms with Crippen LogP contribution in [-0.4, -0.2) is 24.5 Å². The van der Waals surface area contributed by atoms with E-state index in [2.05, 4.69) is 10.6 Å². The van der Waals surface area contributed by atoms with Gasteiger partial charge in [0.25, 0.3) is 0 Å². The van der Waals surface area contributed by atoms with Crippen molar-refractivity contribution in [1.82, 2.24) is 5.32 Å². The first-order valence-electron chi connectivity index (χ1n) is 7.73. The second kappa shape index (κ2) is 6.96. The van der Waals surface area contributed by atoms with Gasteiger partial charge in [-0.25, -0.2) is 4.79 Å². The summed E-state index contributed by atoms with van der Waals surface area (Å²) in [6.45, 7) is 0.682. The van der Waals surface area contributed by atoms with Gasteiger partial charge >= 0.3 is 6.03 Å². The van der Waals surface area contributed by atoms with Crippen LogP contribution in [0.5, 0.6) is 0 Å². The monoisotopic (exact) mass is 309 g/mol. The summed E-state index contributed by atoms with van der Waals surface area (Å²) in [6.07, 6.45) is 1.52. The molecule has 0 aliphatic carbocycles. The zero-order valence-electron chi connectivity index (χ0n) is 12.7. The Bertz CT molecular complexity index is 673. The van der Waals surface area contributed by atoms with Crippen LogP contribution in [0.15, 0.2) is 60.7 Å². The highest BCUT2D eigenvalue weighted by molar-refractivity contribution is 6.01. The van der Waals surface area contributed by atoms with Crippen LogP contribution in [0.4, 0.5) is 16.2 Å². The zero-order chi connectivity index (χ0) is 16.1. The van der Waals surface area contributed by atoms with Gasteiger partial charge < -0.3 is 15.5 Å². The molecule has 1 fully saturated rings. The predicted octanol–water partition coefficient (Wildman–Crippen LogP) is 3.00. The molecular weight excluding hydrogens is 290 g/mol. The molecule has 118 valence electrons. The molecule has 5 nitrogen and oxygen atoms in total. The van der Waals surface area contributed by atoms with Gasteiger partial charge in [0, 0.05) is 17.9 Å². The summed E-state index contributed by atoms with van der Waals surface area (Å²) < 4.78 is 0. The third-order valence-electron chi connectivity index (χ3n) is 3.84. The van der Waals surface area contributed by atoms with Crippen LogP contribution < -0.4 is 15.5 Å². The van der Waals surface area contributed by atoms with Crippen LogP contribution in [0.3, 0.4) is 0 Å². The highest BCUT2D eigenvalue weighted by atomic mass is 16.2. The molecule has 1 unspecified atom stereocenters. The number of hydrogen-bond donors (Lipinski definition) is 2. The summed E-state index contributed by atoms with van der Waals surface area (Å²) in [6, 6.07) is 17.9. The topological polar surface area (TPSA) is 61.4 Å². The minimum Gasteiger partial charge on any atom is -0.326 e. The Morgan fingerprint density at radius 2 is 1.65 bits per heavy atom. The Morgan fingerprint density at radius 3 is 2.35 bits per heavy atom. The summed E-state index contributed by atoms with van der Waals surface area (Å²) in [4.78, 5) is 26.4. The first-order valence-corrected chi connectivity index (χ1v) is 7.73. The number of nitrogens with zero attached hydrogens (tertiary/aromatic N) is 1. The van der Waals surface area contributed by atoms with Gasteiger partial charge in [0.05, 0.1) is 0 Å². The number of hydrogen-bond acceptors (Lipinski definition) is 2. The van der Waals surface area contributed by atoms with Gasteiger partial charge in [0.15, 0.2) is 0 Å². The molecule has 0 bridgehead atoms. The number of carbonyl (C=O) groups is 2. The van der Waals surface area contributed by atoms with E-state index in [4.69, 9.17) is 0 Å². The molecule has 3 amide bonds. The molecule has 2 N–H and O–H groups in total. The van der Waals surface area contributed by atoms with E-state index in [0.717, 1.165) is 12.1 Å². The van der Waals surface area contributed by atoms with Crippen molar-refractivity contribution in [2.75, 3.05) is 16.8 Å². The van der Waals surface area contributed by atoms with Gasteiger partial charge in [-0.3, -0.25) is 4.79 Å². The summed E-state index contributed by atoms with van der Waals surface area (Å²) >= 11 is 0. The first kappa shape index (κ1) is 15.1. The maximum atomic E-state index is 12.6. The zero-order valence-corrected chi connectivity index (χ0v) is 12.7. The highest BCUT2D eigenvalue weighted by Gasteiger charge is 2.30. The van der Waals surface area contributed by atoms with Crippen LogP contribution in [0.1, 0.15) is 12.8 Å². The Morgan fingerprint density at radius 1 is 1.00 bits per heavy atom. The Labute approximate surface area is 135 Å². The molecule has 0 radical (unpaired) electrons. The van der Waals surface area contributed by atoms with Crippen LogP contribution in [-0.2, 0) is 4.79 Å². The van der Waals surface area contributed by atoms with E-state index in [0.29, 0.717) is 18.7 Å². The molecule has 3 rings (SSSR count). The van der Waals surface area contributed by atoms with E-state index >= 15 is 0 Å². The molecule has 1 heterocycles. The van der Waals surface area contributed by atoms with Gasteiger partial charge in [-0.1, -0.05) is 36.4 Å². The highest BCUT2D eigenvalue weighted by Crippen LogP contribution is 2.20. The lowest BCUT2D eigenvalue weighted by molar-refractivity contribution is -0.121. The summed E-state index contributed by atoms with van der Waals surface area (Å²) in [5, 5.41) is 5.52. The van der Waals surface area contributed by atoms with Gasteiger partial charge in [-0.2, -0.15) is 0 Å². The number of urea groups is 1. The lowest BCUT2D eigenvalue weighted by Crippen LogP contribution is -2.53. The van der Waals surface area contributed by atoms with Crippen molar-refractivity contribution in [3.63, 3.8) is 0 Å². The van der Waals surface area contributed by atoms with Gasteiger partial charge in [-0.15, -0.1) is 0 Å². The van der Waals surface area contributed by atoms with E-state index in [1.165, 1.54) is 0 Å². The first-order chi connectivity index (χ1) is 11.2. The van der Waals surface area contributed by atoms with E-state index in [1.807, 2.05) is 48.5 Å². The molecule has 1 aliphatic heterocycles. The largest absolute Gasteiger partial charge is 0.326 e. The third-order valence-corrected chi connectivity index (χ3v) is 3.84. The van der Waals surface area contributed by atoms with E-state index in [-0.39, 0.29) is 11.9 Å². The second-order valence-electron chi connectivity index (χ2n) is 5.48. The fourth-order valence-electron chi connectivity index (χ4n) is 2.72. The minimum atomic E-state index is -0.493. The lowest BCUT2D eigenvalue weighted by Gasteiger charge is -2.32. The molecular formula is C18H19N3O2. The molecule has 2 aromatic rings. The number of piperidine rings is 1. The molecule has 0 saturated carbocycles. The number of para-hydroxylation sites is 2. The van der Waals surface area contributed by atoms with Crippen LogP contribution in [0, 0.1) is 0 Å². The Kier molecular flexibility index (Phi) is 4.57. The standard InChI is InChI=1S/C18H19N3O2/c22-17-16(20-18(23)19-14-8-3-1-4-9-14)12-7-13-21(17)15-10-5-2-6-11-15/h1-6,8-11,16H,7,12-13H2,(H2,19,20,23). The fourth-order valence-corrected chi connectivity index (χ4v) is 2.72. The van der Waals surface area contributed by atoms with E-state index in [9.17, 15) is 9.59 Å². The number of rotatable bonds is 3. The van der Waals surface area contributed by atoms with Crippen molar-refractivity contribution < 1.29 is 9.59 Å². The van der Waals surface area contributed by atoms with Crippen molar-refractivity contribution in [1.29, 1.82) is 0 Å². The Balaban J connectivity index is 1.63. The predicted molar refractivity (Wildman–Crippen MR) is 90.4 cm³/mol. The van der Waals surface area contributed by atoms with Crippen molar-refractivity contribution >= 4 is 23.3 Å². The maximum absolute atomic E-state index is 12.6. The molecule has 0 spiro atoms. The second-order valence-corrected chi connectivity index (χ2v) is 5.48. The molecule has 1 aliphatic rings. The smallest absolute Gasteiger partial charge is 0.319 e. The Hall–Kier alpha value is -2.82. The van der Waals surface area contributed by atoms with Crippen LogP contribution in [0.25, 0.3) is 0 Å². The molecule has 1 atom stereocenters. The summed E-state index contributed by atoms with van der Waals surface area (Å²) in [5.41, 5.74) is 1.57.